The fourth-order valence-corrected chi connectivity index (χ4v) is 3.96. The van der Waals surface area contributed by atoms with Gasteiger partial charge in [-0.15, -0.1) is 0 Å². The summed E-state index contributed by atoms with van der Waals surface area (Å²) in [7, 11) is 0. The summed E-state index contributed by atoms with van der Waals surface area (Å²) in [5, 5.41) is 1.01. The van der Waals surface area contributed by atoms with Gasteiger partial charge >= 0.3 is 0 Å². The van der Waals surface area contributed by atoms with E-state index in [0.29, 0.717) is 32.0 Å². The van der Waals surface area contributed by atoms with Crippen molar-refractivity contribution in [1.29, 1.82) is 0 Å². The van der Waals surface area contributed by atoms with E-state index < -0.39 is 5.91 Å². The molecular weight excluding hydrogens is 390 g/mol. The zero-order valence-corrected chi connectivity index (χ0v) is 18.0. The molecule has 1 saturated heterocycles. The minimum Gasteiger partial charge on any atom is -0.370 e. The third kappa shape index (κ3) is 4.50. The summed E-state index contributed by atoms with van der Waals surface area (Å²) in [5.41, 5.74) is 9.39. The Labute approximate surface area is 181 Å². The number of hydrogen-bond donors (Lipinski definition) is 1. The highest BCUT2D eigenvalue weighted by molar-refractivity contribution is 5.92. The zero-order chi connectivity index (χ0) is 22.0. The fraction of sp³-hybridized carbons (Fsp3) is 0.333. The van der Waals surface area contributed by atoms with E-state index in [1.165, 1.54) is 0 Å². The molecule has 4 rings (SSSR count). The Kier molecular flexibility index (Phi) is 5.84. The number of carbonyl (C=O) groups is 2. The van der Waals surface area contributed by atoms with E-state index in [-0.39, 0.29) is 18.7 Å². The van der Waals surface area contributed by atoms with Crippen LogP contribution in [0.15, 0.2) is 42.5 Å². The van der Waals surface area contributed by atoms with Crippen molar-refractivity contribution in [2.75, 3.05) is 31.1 Å². The molecule has 2 heterocycles. The van der Waals surface area contributed by atoms with E-state index in [2.05, 4.69) is 43.0 Å². The normalized spacial score (nSPS) is 14.1. The number of piperazine rings is 1. The minimum atomic E-state index is -0.446. The maximum atomic E-state index is 12.3. The van der Waals surface area contributed by atoms with Gasteiger partial charge in [0.1, 0.15) is 5.82 Å². The summed E-state index contributed by atoms with van der Waals surface area (Å²) in [6.07, 6.45) is 0.261. The number of anilines is 1. The molecule has 7 heteroatoms. The SMILES string of the molecule is Cc1ccc2c(N3CCN(C(=O)CCC(N)=O)CC3)nc(-c3ccccc3C)nc2c1. The van der Waals surface area contributed by atoms with Crippen molar-refractivity contribution >= 4 is 28.5 Å². The number of rotatable bonds is 5. The molecule has 1 aliphatic heterocycles. The second kappa shape index (κ2) is 8.71. The highest BCUT2D eigenvalue weighted by Gasteiger charge is 2.24. The third-order valence-corrected chi connectivity index (χ3v) is 5.74. The first-order chi connectivity index (χ1) is 14.9. The number of hydrogen-bond acceptors (Lipinski definition) is 5. The Morgan fingerprint density at radius 1 is 0.968 bits per heavy atom. The van der Waals surface area contributed by atoms with Crippen molar-refractivity contribution in [1.82, 2.24) is 14.9 Å². The lowest BCUT2D eigenvalue weighted by Crippen LogP contribution is -2.49. The molecule has 0 bridgehead atoms. The van der Waals surface area contributed by atoms with Gasteiger partial charge in [-0.1, -0.05) is 30.3 Å². The van der Waals surface area contributed by atoms with E-state index in [9.17, 15) is 9.59 Å². The first kappa shape index (κ1) is 20.8. The van der Waals surface area contributed by atoms with Gasteiger partial charge in [0.05, 0.1) is 5.52 Å². The Hall–Kier alpha value is -3.48. The number of aromatic nitrogens is 2. The number of amides is 2. The molecule has 2 aromatic carbocycles. The molecule has 7 nitrogen and oxygen atoms in total. The minimum absolute atomic E-state index is 0.0257. The van der Waals surface area contributed by atoms with Crippen LogP contribution in [0.5, 0.6) is 0 Å². The van der Waals surface area contributed by atoms with Crippen LogP contribution in [0.3, 0.4) is 0 Å². The van der Waals surface area contributed by atoms with Gasteiger partial charge in [0.2, 0.25) is 11.8 Å². The molecule has 0 atom stereocenters. The Morgan fingerprint density at radius 3 is 2.42 bits per heavy atom. The number of fused-ring (bicyclic) bond motifs is 1. The van der Waals surface area contributed by atoms with Gasteiger partial charge in [0.15, 0.2) is 5.82 Å². The van der Waals surface area contributed by atoms with Gasteiger partial charge in [-0.2, -0.15) is 0 Å². The van der Waals surface area contributed by atoms with E-state index in [1.807, 2.05) is 18.2 Å². The standard InChI is InChI=1S/C24H27N5O2/c1-16-7-8-19-20(15-16)26-23(18-6-4-3-5-17(18)2)27-24(19)29-13-11-28(12-14-29)22(31)10-9-21(25)30/h3-8,15H,9-14H2,1-2H3,(H2,25,30). The number of primary amides is 1. The number of benzene rings is 2. The van der Waals surface area contributed by atoms with Crippen LogP contribution in [0.25, 0.3) is 22.3 Å². The number of aryl methyl sites for hydroxylation is 2. The van der Waals surface area contributed by atoms with Gasteiger partial charge < -0.3 is 15.5 Å². The average molecular weight is 418 g/mol. The van der Waals surface area contributed by atoms with Crippen molar-refractivity contribution in [3.8, 4) is 11.4 Å². The summed E-state index contributed by atoms with van der Waals surface area (Å²) < 4.78 is 0. The van der Waals surface area contributed by atoms with Crippen LogP contribution in [0, 0.1) is 13.8 Å². The quantitative estimate of drug-likeness (QED) is 0.689. The predicted molar refractivity (Wildman–Crippen MR) is 122 cm³/mol. The molecule has 0 spiro atoms. The van der Waals surface area contributed by atoms with E-state index >= 15 is 0 Å². The van der Waals surface area contributed by atoms with E-state index in [4.69, 9.17) is 15.7 Å². The lowest BCUT2D eigenvalue weighted by molar-refractivity contribution is -0.133. The first-order valence-electron chi connectivity index (χ1n) is 10.6. The van der Waals surface area contributed by atoms with Gasteiger partial charge in [-0.25, -0.2) is 9.97 Å². The molecule has 160 valence electrons. The van der Waals surface area contributed by atoms with E-state index in [0.717, 1.165) is 33.4 Å². The third-order valence-electron chi connectivity index (χ3n) is 5.74. The lowest BCUT2D eigenvalue weighted by atomic mass is 10.1. The van der Waals surface area contributed by atoms with Crippen molar-refractivity contribution in [3.63, 3.8) is 0 Å². The van der Waals surface area contributed by atoms with E-state index in [1.54, 1.807) is 4.90 Å². The highest BCUT2D eigenvalue weighted by atomic mass is 16.2. The van der Waals surface area contributed by atoms with Gasteiger partial charge in [-0.3, -0.25) is 9.59 Å². The smallest absolute Gasteiger partial charge is 0.223 e. The average Bonchev–Trinajstić information content (AvgIpc) is 2.77. The predicted octanol–water partition coefficient (Wildman–Crippen LogP) is 2.83. The molecule has 0 saturated carbocycles. The summed E-state index contributed by atoms with van der Waals surface area (Å²) in [6, 6.07) is 14.4. The van der Waals surface area contributed by atoms with Crippen LogP contribution in [0.4, 0.5) is 5.82 Å². The van der Waals surface area contributed by atoms with Gasteiger partial charge in [0, 0.05) is 50.0 Å². The Bertz CT molecular complexity index is 1140. The topological polar surface area (TPSA) is 92.4 Å². The molecule has 0 radical (unpaired) electrons. The Balaban J connectivity index is 1.64. The molecule has 31 heavy (non-hydrogen) atoms. The first-order valence-corrected chi connectivity index (χ1v) is 10.6. The van der Waals surface area contributed by atoms with Crippen molar-refractivity contribution in [2.24, 2.45) is 5.73 Å². The molecule has 1 aliphatic rings. The molecule has 0 aliphatic carbocycles. The molecule has 3 aromatic rings. The number of nitrogens with two attached hydrogens (primary N) is 1. The van der Waals surface area contributed by atoms with Crippen molar-refractivity contribution in [2.45, 2.75) is 26.7 Å². The van der Waals surface area contributed by atoms with Crippen LogP contribution in [-0.2, 0) is 9.59 Å². The summed E-state index contributed by atoms with van der Waals surface area (Å²) in [6.45, 7) is 6.66. The van der Waals surface area contributed by atoms with Crippen molar-refractivity contribution < 1.29 is 9.59 Å². The molecule has 0 unspecified atom stereocenters. The largest absolute Gasteiger partial charge is 0.370 e. The lowest BCUT2D eigenvalue weighted by Gasteiger charge is -2.36. The molecule has 1 aromatic heterocycles. The molecule has 2 N–H and O–H groups in total. The number of carbonyl (C=O) groups excluding carboxylic acids is 2. The van der Waals surface area contributed by atoms with Crippen LogP contribution >= 0.6 is 0 Å². The Morgan fingerprint density at radius 2 is 1.71 bits per heavy atom. The van der Waals surface area contributed by atoms with Crippen LogP contribution in [0.1, 0.15) is 24.0 Å². The zero-order valence-electron chi connectivity index (χ0n) is 18.0. The van der Waals surface area contributed by atoms with Gasteiger partial charge in [0.25, 0.3) is 0 Å². The van der Waals surface area contributed by atoms with Crippen molar-refractivity contribution in [3.05, 3.63) is 53.6 Å². The second-order valence-electron chi connectivity index (χ2n) is 8.04. The monoisotopic (exact) mass is 417 g/mol. The van der Waals surface area contributed by atoms with Crippen LogP contribution in [-0.4, -0.2) is 52.9 Å². The number of nitrogens with zero attached hydrogens (tertiary/aromatic N) is 4. The molecular formula is C24H27N5O2. The van der Waals surface area contributed by atoms with Gasteiger partial charge in [-0.05, 0) is 37.1 Å². The molecule has 2 amide bonds. The summed E-state index contributed by atoms with van der Waals surface area (Å²) >= 11 is 0. The maximum Gasteiger partial charge on any atom is 0.223 e. The summed E-state index contributed by atoms with van der Waals surface area (Å²) in [4.78, 5) is 37.2. The van der Waals surface area contributed by atoms with Crippen LogP contribution < -0.4 is 10.6 Å². The fourth-order valence-electron chi connectivity index (χ4n) is 3.96. The van der Waals surface area contributed by atoms with Crippen LogP contribution in [0.2, 0.25) is 0 Å². The second-order valence-corrected chi connectivity index (χ2v) is 8.04. The maximum absolute atomic E-state index is 12.3. The molecule has 1 fully saturated rings. The highest BCUT2D eigenvalue weighted by Crippen LogP contribution is 2.30. The summed E-state index contributed by atoms with van der Waals surface area (Å²) in [5.74, 6) is 1.14.